The van der Waals surface area contributed by atoms with Gasteiger partial charge in [-0.2, -0.15) is 0 Å². The van der Waals surface area contributed by atoms with Crippen LogP contribution in [-0.2, 0) is 18.4 Å². The first-order valence-corrected chi connectivity index (χ1v) is 32.2. The van der Waals surface area contributed by atoms with Crippen LogP contribution in [0.15, 0.2) is 109 Å². The average Bonchev–Trinajstić information content (AvgIpc) is 3.37. The molecule has 0 aliphatic rings. The number of aliphatic hydroxyl groups excluding tert-OH is 1. The molecule has 0 aliphatic carbocycles. The van der Waals surface area contributed by atoms with Gasteiger partial charge in [0.25, 0.3) is 0 Å². The molecule has 0 rings (SSSR count). The second-order valence-electron chi connectivity index (χ2n) is 21.7. The Morgan fingerprint density at radius 2 is 0.787 bits per heavy atom. The van der Waals surface area contributed by atoms with Crippen LogP contribution in [0, 0.1) is 0 Å². The molecule has 3 unspecified atom stereocenters. The molecule has 0 aromatic heterocycles. The SMILES string of the molecule is CC/C=C\C/C=C\C/C=C\C/C=C\C/C=C\C/C=C\C/C=C\C/C=C\C/C=C\CCCC(=O)NC(COP(=O)(O)OCC[N+](C)(C)C)C(O)CCCCCCCCCCCCCCCCCCCCCCCCCC. The highest BCUT2D eigenvalue weighted by atomic mass is 31.2. The number of amides is 1. The number of unbranched alkanes of at least 4 members (excludes halogenated alkanes) is 24. The number of nitrogens with one attached hydrogen (secondary N) is 1. The van der Waals surface area contributed by atoms with E-state index in [4.69, 9.17) is 9.05 Å². The summed E-state index contributed by atoms with van der Waals surface area (Å²) in [6, 6.07) is -0.801. The highest BCUT2D eigenvalue weighted by Gasteiger charge is 2.28. The minimum Gasteiger partial charge on any atom is -0.391 e. The first-order chi connectivity index (χ1) is 36.5. The Bertz CT molecular complexity index is 1590. The maximum Gasteiger partial charge on any atom is 0.472 e. The third-order valence-corrected chi connectivity index (χ3v) is 14.3. The van der Waals surface area contributed by atoms with Gasteiger partial charge in [0.1, 0.15) is 13.2 Å². The normalized spacial score (nSPS) is 14.6. The Labute approximate surface area is 463 Å². The van der Waals surface area contributed by atoms with E-state index in [2.05, 4.69) is 129 Å². The van der Waals surface area contributed by atoms with Gasteiger partial charge in [-0.3, -0.25) is 13.8 Å². The summed E-state index contributed by atoms with van der Waals surface area (Å²) in [7, 11) is 1.57. The van der Waals surface area contributed by atoms with Crippen molar-refractivity contribution in [2.24, 2.45) is 0 Å². The lowest BCUT2D eigenvalue weighted by Gasteiger charge is -2.26. The lowest BCUT2D eigenvalue weighted by atomic mass is 10.0. The first-order valence-electron chi connectivity index (χ1n) is 30.8. The number of carbonyl (C=O) groups excluding carboxylic acids is 1. The predicted molar refractivity (Wildman–Crippen MR) is 327 cm³/mol. The maximum absolute atomic E-state index is 13.0. The fourth-order valence-electron chi connectivity index (χ4n) is 8.52. The molecule has 0 bridgehead atoms. The van der Waals surface area contributed by atoms with E-state index in [1.807, 2.05) is 21.1 Å². The van der Waals surface area contributed by atoms with Crippen molar-refractivity contribution in [3.63, 3.8) is 0 Å². The molecule has 0 aromatic carbocycles. The molecule has 9 heteroatoms. The Hall–Kier alpha value is -2.84. The molecule has 3 N–H and O–H groups in total. The molecule has 0 aliphatic heterocycles. The van der Waals surface area contributed by atoms with Crippen molar-refractivity contribution in [2.45, 2.75) is 264 Å². The summed E-state index contributed by atoms with van der Waals surface area (Å²) in [5, 5.41) is 14.1. The monoisotopic (exact) mass is 1070 g/mol. The average molecular weight is 1070 g/mol. The van der Waals surface area contributed by atoms with E-state index in [0.717, 1.165) is 83.5 Å². The zero-order chi connectivity index (χ0) is 54.9. The van der Waals surface area contributed by atoms with Crippen LogP contribution in [-0.4, -0.2) is 73.4 Å². The van der Waals surface area contributed by atoms with E-state index in [-0.39, 0.29) is 19.1 Å². The molecule has 0 fully saturated rings. The fraction of sp³-hybridized carbons (Fsp3) is 0.712. The van der Waals surface area contributed by atoms with E-state index >= 15 is 0 Å². The predicted octanol–water partition coefficient (Wildman–Crippen LogP) is 19.2. The van der Waals surface area contributed by atoms with Crippen molar-refractivity contribution in [1.82, 2.24) is 5.32 Å². The molecular weight excluding hydrogens is 948 g/mol. The third kappa shape index (κ3) is 58.7. The molecule has 0 radical (unpaired) electrons. The number of allylic oxidation sites excluding steroid dienone is 18. The molecule has 0 aromatic rings. The number of quaternary nitrogens is 1. The summed E-state index contributed by atoms with van der Waals surface area (Å²) in [4.78, 5) is 23.4. The second kappa shape index (κ2) is 55.9. The number of carbonyl (C=O) groups is 1. The summed E-state index contributed by atoms with van der Waals surface area (Å²) in [6.07, 6.45) is 81.6. The van der Waals surface area contributed by atoms with Crippen LogP contribution in [0.4, 0.5) is 0 Å². The van der Waals surface area contributed by atoms with Crippen molar-refractivity contribution >= 4 is 13.7 Å². The van der Waals surface area contributed by atoms with Crippen LogP contribution in [0.5, 0.6) is 0 Å². The van der Waals surface area contributed by atoms with Crippen molar-refractivity contribution in [3.05, 3.63) is 109 Å². The Morgan fingerprint density at radius 3 is 1.12 bits per heavy atom. The number of phosphoric acid groups is 1. The van der Waals surface area contributed by atoms with Crippen LogP contribution in [0.1, 0.15) is 251 Å². The van der Waals surface area contributed by atoms with Gasteiger partial charge in [0, 0.05) is 6.42 Å². The van der Waals surface area contributed by atoms with Crippen LogP contribution in [0.3, 0.4) is 0 Å². The van der Waals surface area contributed by atoms with Gasteiger partial charge in [0.05, 0.1) is 39.9 Å². The van der Waals surface area contributed by atoms with Gasteiger partial charge < -0.3 is 19.8 Å². The van der Waals surface area contributed by atoms with Crippen LogP contribution in [0.25, 0.3) is 0 Å². The van der Waals surface area contributed by atoms with Gasteiger partial charge in [-0.25, -0.2) is 4.57 Å². The van der Waals surface area contributed by atoms with Crippen molar-refractivity contribution in [3.8, 4) is 0 Å². The standard InChI is InChI=1S/C66H117N2O6P/c1-6-8-10-12-14-16-18-20-22-24-26-28-30-32-33-34-35-36-38-40-42-44-46-48-50-52-54-56-58-60-66(70)67-64(63-74-75(71,72)73-62-61-68(3,4)5)65(69)59-57-55-53-51-49-47-45-43-41-39-37-31-29-27-25-23-21-19-17-15-13-11-9-7-2/h8,10,14,16,20,22,26,28,32-33,35-36,40,42,46,48,52,54,64-65,69H,6-7,9,11-13,15,17-19,21,23-25,27,29-31,34,37-39,41,43-45,47,49-51,53,55-63H2,1-5H3,(H-,67,70,71,72)/p+1/b10-8-,16-14-,22-20-,28-26-,33-32-,36-35-,42-40-,48-46-,54-52-. The summed E-state index contributed by atoms with van der Waals surface area (Å²) >= 11 is 0. The number of aliphatic hydroxyl groups is 1. The fourth-order valence-corrected chi connectivity index (χ4v) is 9.26. The van der Waals surface area contributed by atoms with Gasteiger partial charge in [0.2, 0.25) is 5.91 Å². The smallest absolute Gasteiger partial charge is 0.391 e. The van der Waals surface area contributed by atoms with E-state index in [1.54, 1.807) is 0 Å². The van der Waals surface area contributed by atoms with E-state index < -0.39 is 20.0 Å². The summed E-state index contributed by atoms with van der Waals surface area (Å²) < 4.78 is 23.8. The zero-order valence-corrected chi connectivity index (χ0v) is 50.1. The van der Waals surface area contributed by atoms with Crippen molar-refractivity contribution in [2.75, 3.05) is 40.9 Å². The molecule has 3 atom stereocenters. The van der Waals surface area contributed by atoms with Crippen LogP contribution >= 0.6 is 7.82 Å². The van der Waals surface area contributed by atoms with Gasteiger partial charge in [-0.05, 0) is 77.0 Å². The molecule has 0 saturated carbocycles. The lowest BCUT2D eigenvalue weighted by molar-refractivity contribution is -0.870. The van der Waals surface area contributed by atoms with Gasteiger partial charge in [0.15, 0.2) is 0 Å². The van der Waals surface area contributed by atoms with Gasteiger partial charge >= 0.3 is 7.82 Å². The number of rotatable bonds is 55. The minimum absolute atomic E-state index is 0.0580. The molecule has 75 heavy (non-hydrogen) atoms. The molecular formula is C66H118N2O6P+. The highest BCUT2D eigenvalue weighted by molar-refractivity contribution is 7.47. The van der Waals surface area contributed by atoms with E-state index in [9.17, 15) is 19.4 Å². The highest BCUT2D eigenvalue weighted by Crippen LogP contribution is 2.43. The molecule has 1 amide bonds. The Morgan fingerprint density at radius 1 is 0.467 bits per heavy atom. The van der Waals surface area contributed by atoms with E-state index in [1.165, 1.54) is 135 Å². The number of nitrogens with zero attached hydrogens (tertiary/aromatic N) is 1. The van der Waals surface area contributed by atoms with Gasteiger partial charge in [-0.15, -0.1) is 0 Å². The number of likely N-dealkylation sites (N-methyl/N-ethyl adjacent to an activating group) is 1. The number of hydrogen-bond acceptors (Lipinski definition) is 5. The summed E-state index contributed by atoms with van der Waals surface area (Å²) in [6.45, 7) is 4.74. The Kier molecular flexibility index (Phi) is 53.8. The summed E-state index contributed by atoms with van der Waals surface area (Å²) in [5.74, 6) is -0.204. The number of phosphoric ester groups is 1. The number of hydrogen-bond donors (Lipinski definition) is 3. The molecule has 0 spiro atoms. The van der Waals surface area contributed by atoms with Gasteiger partial charge in [-0.1, -0.05) is 277 Å². The quantitative estimate of drug-likeness (QED) is 0.0243. The lowest BCUT2D eigenvalue weighted by Crippen LogP contribution is -2.46. The molecule has 0 heterocycles. The Balaban J connectivity index is 4.29. The van der Waals surface area contributed by atoms with E-state index in [0.29, 0.717) is 30.3 Å². The second-order valence-corrected chi connectivity index (χ2v) is 23.2. The molecule has 432 valence electrons. The topological polar surface area (TPSA) is 105 Å². The zero-order valence-electron chi connectivity index (χ0n) is 49.3. The van der Waals surface area contributed by atoms with Crippen LogP contribution < -0.4 is 5.32 Å². The maximum atomic E-state index is 13.0. The van der Waals surface area contributed by atoms with Crippen LogP contribution in [0.2, 0.25) is 0 Å². The van der Waals surface area contributed by atoms with Crippen molar-refractivity contribution < 1.29 is 32.9 Å². The first kappa shape index (κ1) is 72.2. The minimum atomic E-state index is -4.35. The van der Waals surface area contributed by atoms with Crippen molar-refractivity contribution in [1.29, 1.82) is 0 Å². The third-order valence-electron chi connectivity index (χ3n) is 13.3. The molecule has 0 saturated heterocycles. The summed E-state index contributed by atoms with van der Waals surface area (Å²) in [5.41, 5.74) is 0. The molecule has 8 nitrogen and oxygen atoms in total. The largest absolute Gasteiger partial charge is 0.472 e.